The van der Waals surface area contributed by atoms with Crippen molar-refractivity contribution in [1.29, 1.82) is 0 Å². The van der Waals surface area contributed by atoms with Crippen LogP contribution in [0.1, 0.15) is 17.4 Å². The SMILES string of the molecule is Cc1nccn1C(C(=O)O)c1ccc(F)cc1F. The summed E-state index contributed by atoms with van der Waals surface area (Å²) in [5.41, 5.74) is -0.106. The third-order valence-electron chi connectivity index (χ3n) is 2.63. The van der Waals surface area contributed by atoms with Gasteiger partial charge in [0, 0.05) is 24.0 Å². The molecule has 0 aliphatic rings. The number of hydrogen-bond acceptors (Lipinski definition) is 2. The second-order valence-corrected chi connectivity index (χ2v) is 3.79. The van der Waals surface area contributed by atoms with Crippen LogP contribution in [0.5, 0.6) is 0 Å². The average molecular weight is 252 g/mol. The van der Waals surface area contributed by atoms with Gasteiger partial charge in [0.15, 0.2) is 6.04 Å². The molecule has 1 aromatic carbocycles. The lowest BCUT2D eigenvalue weighted by atomic mass is 10.1. The first kappa shape index (κ1) is 12.2. The average Bonchev–Trinajstić information content (AvgIpc) is 2.68. The van der Waals surface area contributed by atoms with Crippen molar-refractivity contribution in [3.05, 3.63) is 53.6 Å². The second kappa shape index (κ2) is 4.56. The van der Waals surface area contributed by atoms with E-state index in [1.165, 1.54) is 17.0 Å². The van der Waals surface area contributed by atoms with Crippen molar-refractivity contribution >= 4 is 5.97 Å². The van der Waals surface area contributed by atoms with Crippen LogP contribution in [0.15, 0.2) is 30.6 Å². The van der Waals surface area contributed by atoms with Crippen molar-refractivity contribution in [3.63, 3.8) is 0 Å². The maximum absolute atomic E-state index is 13.6. The number of aromatic nitrogens is 2. The minimum Gasteiger partial charge on any atom is -0.479 e. The minimum atomic E-state index is -1.26. The zero-order valence-electron chi connectivity index (χ0n) is 9.47. The number of carboxylic acid groups (broad SMARTS) is 1. The number of aryl methyl sites for hydroxylation is 1. The molecular formula is C12H10F2N2O2. The number of carboxylic acids is 1. The summed E-state index contributed by atoms with van der Waals surface area (Å²) in [5.74, 6) is -2.44. The van der Waals surface area contributed by atoms with Gasteiger partial charge in [-0.2, -0.15) is 0 Å². The molecule has 4 nitrogen and oxygen atoms in total. The van der Waals surface area contributed by atoms with Crippen LogP contribution in [-0.4, -0.2) is 20.6 Å². The first-order valence-corrected chi connectivity index (χ1v) is 5.18. The number of halogens is 2. The summed E-state index contributed by atoms with van der Waals surface area (Å²) >= 11 is 0. The number of benzene rings is 1. The molecule has 1 unspecified atom stereocenters. The quantitative estimate of drug-likeness (QED) is 0.910. The van der Waals surface area contributed by atoms with Crippen LogP contribution in [0.2, 0.25) is 0 Å². The van der Waals surface area contributed by atoms with E-state index in [4.69, 9.17) is 0 Å². The lowest BCUT2D eigenvalue weighted by molar-refractivity contribution is -0.139. The molecule has 0 aliphatic carbocycles. The van der Waals surface area contributed by atoms with E-state index in [1.807, 2.05) is 0 Å². The van der Waals surface area contributed by atoms with Crippen LogP contribution in [0.4, 0.5) is 8.78 Å². The zero-order valence-corrected chi connectivity index (χ0v) is 9.47. The summed E-state index contributed by atoms with van der Waals surface area (Å²) < 4.78 is 27.8. The van der Waals surface area contributed by atoms with Gasteiger partial charge in [0.1, 0.15) is 17.5 Å². The van der Waals surface area contributed by atoms with Gasteiger partial charge in [-0.3, -0.25) is 0 Å². The molecule has 1 N–H and O–H groups in total. The van der Waals surface area contributed by atoms with E-state index in [2.05, 4.69) is 4.98 Å². The van der Waals surface area contributed by atoms with E-state index in [1.54, 1.807) is 6.92 Å². The van der Waals surface area contributed by atoms with Crippen molar-refractivity contribution in [2.24, 2.45) is 0 Å². The normalized spacial score (nSPS) is 12.4. The van der Waals surface area contributed by atoms with E-state index in [9.17, 15) is 18.7 Å². The van der Waals surface area contributed by atoms with Gasteiger partial charge in [0.25, 0.3) is 0 Å². The number of hydrogen-bond donors (Lipinski definition) is 1. The zero-order chi connectivity index (χ0) is 13.3. The molecule has 6 heteroatoms. The largest absolute Gasteiger partial charge is 0.479 e. The van der Waals surface area contributed by atoms with Crippen LogP contribution < -0.4 is 0 Å². The molecule has 1 aromatic heterocycles. The highest BCUT2D eigenvalue weighted by molar-refractivity contribution is 5.76. The number of imidazole rings is 1. The summed E-state index contributed by atoms with van der Waals surface area (Å²) in [6, 6.07) is 1.56. The molecule has 18 heavy (non-hydrogen) atoms. The van der Waals surface area contributed by atoms with E-state index in [0.29, 0.717) is 11.9 Å². The Morgan fingerprint density at radius 1 is 1.44 bits per heavy atom. The van der Waals surface area contributed by atoms with Crippen molar-refractivity contribution in [2.45, 2.75) is 13.0 Å². The summed E-state index contributed by atoms with van der Waals surface area (Å²) in [6.45, 7) is 1.61. The van der Waals surface area contributed by atoms with Crippen molar-refractivity contribution in [1.82, 2.24) is 9.55 Å². The number of aliphatic carboxylic acids is 1. The topological polar surface area (TPSA) is 55.1 Å². The minimum absolute atomic E-state index is 0.106. The molecule has 0 radical (unpaired) electrons. The van der Waals surface area contributed by atoms with Gasteiger partial charge in [-0.05, 0) is 13.0 Å². The highest BCUT2D eigenvalue weighted by Gasteiger charge is 2.26. The smallest absolute Gasteiger partial charge is 0.331 e. The Labute approximate surface area is 102 Å². The molecular weight excluding hydrogens is 242 g/mol. The first-order valence-electron chi connectivity index (χ1n) is 5.18. The highest BCUT2D eigenvalue weighted by atomic mass is 19.1. The van der Waals surface area contributed by atoms with Gasteiger partial charge in [-0.25, -0.2) is 18.6 Å². The second-order valence-electron chi connectivity index (χ2n) is 3.79. The maximum Gasteiger partial charge on any atom is 0.331 e. The molecule has 1 atom stereocenters. The fraction of sp³-hybridized carbons (Fsp3) is 0.167. The van der Waals surface area contributed by atoms with Crippen LogP contribution in [0, 0.1) is 18.6 Å². The molecule has 0 spiro atoms. The Bertz CT molecular complexity index is 596. The fourth-order valence-corrected chi connectivity index (χ4v) is 1.79. The molecule has 94 valence electrons. The van der Waals surface area contributed by atoms with E-state index < -0.39 is 23.6 Å². The lowest BCUT2D eigenvalue weighted by Gasteiger charge is -2.16. The van der Waals surface area contributed by atoms with Crippen LogP contribution in [0.25, 0.3) is 0 Å². The van der Waals surface area contributed by atoms with Crippen molar-refractivity contribution < 1.29 is 18.7 Å². The molecule has 0 saturated heterocycles. The Kier molecular flexibility index (Phi) is 3.10. The van der Waals surface area contributed by atoms with Crippen LogP contribution >= 0.6 is 0 Å². The Hall–Kier alpha value is -2.24. The van der Waals surface area contributed by atoms with Crippen molar-refractivity contribution in [3.8, 4) is 0 Å². The van der Waals surface area contributed by atoms with Gasteiger partial charge in [0.05, 0.1) is 0 Å². The lowest BCUT2D eigenvalue weighted by Crippen LogP contribution is -2.22. The monoisotopic (exact) mass is 252 g/mol. The fourth-order valence-electron chi connectivity index (χ4n) is 1.79. The number of rotatable bonds is 3. The van der Waals surface area contributed by atoms with Gasteiger partial charge in [-0.1, -0.05) is 6.07 Å². The third kappa shape index (κ3) is 2.09. The molecule has 0 bridgehead atoms. The van der Waals surface area contributed by atoms with Crippen LogP contribution in [0.3, 0.4) is 0 Å². The number of nitrogens with zero attached hydrogens (tertiary/aromatic N) is 2. The summed E-state index contributed by atoms with van der Waals surface area (Å²) in [7, 11) is 0. The van der Waals surface area contributed by atoms with E-state index in [-0.39, 0.29) is 5.56 Å². The molecule has 0 saturated carbocycles. The van der Waals surface area contributed by atoms with E-state index in [0.717, 1.165) is 12.1 Å². The van der Waals surface area contributed by atoms with Crippen LogP contribution in [-0.2, 0) is 4.79 Å². The molecule has 1 heterocycles. The maximum atomic E-state index is 13.6. The molecule has 0 fully saturated rings. The number of carbonyl (C=O) groups is 1. The summed E-state index contributed by atoms with van der Waals surface area (Å²) in [6.07, 6.45) is 2.86. The Morgan fingerprint density at radius 2 is 2.17 bits per heavy atom. The van der Waals surface area contributed by atoms with Gasteiger partial charge < -0.3 is 9.67 Å². The highest BCUT2D eigenvalue weighted by Crippen LogP contribution is 2.23. The van der Waals surface area contributed by atoms with Gasteiger partial charge in [-0.15, -0.1) is 0 Å². The summed E-state index contributed by atoms with van der Waals surface area (Å²) in [4.78, 5) is 15.2. The summed E-state index contributed by atoms with van der Waals surface area (Å²) in [5, 5.41) is 9.21. The third-order valence-corrected chi connectivity index (χ3v) is 2.63. The predicted octanol–water partition coefficient (Wildman–Crippen LogP) is 2.14. The first-order chi connectivity index (χ1) is 8.50. The molecule has 2 aromatic rings. The van der Waals surface area contributed by atoms with Gasteiger partial charge >= 0.3 is 5.97 Å². The predicted molar refractivity (Wildman–Crippen MR) is 59.1 cm³/mol. The standard InChI is InChI=1S/C12H10F2N2O2/c1-7-15-4-5-16(7)11(12(17)18)9-3-2-8(13)6-10(9)14/h2-6,11H,1H3,(H,17,18). The molecule has 0 amide bonds. The Morgan fingerprint density at radius 3 is 2.67 bits per heavy atom. The molecule has 0 aliphatic heterocycles. The van der Waals surface area contributed by atoms with Crippen molar-refractivity contribution in [2.75, 3.05) is 0 Å². The molecule has 2 rings (SSSR count). The van der Waals surface area contributed by atoms with Gasteiger partial charge in [0.2, 0.25) is 0 Å². The Balaban J connectivity index is 2.56. The van der Waals surface area contributed by atoms with E-state index >= 15 is 0 Å².